The maximum atomic E-state index is 12.0. The van der Waals surface area contributed by atoms with Crippen molar-refractivity contribution < 1.29 is 9.53 Å². The van der Waals surface area contributed by atoms with Crippen LogP contribution in [-0.4, -0.2) is 17.5 Å². The van der Waals surface area contributed by atoms with E-state index in [9.17, 15) is 4.79 Å². The Morgan fingerprint density at radius 3 is 2.63 bits per heavy atom. The number of carbonyl (C=O) groups is 1. The summed E-state index contributed by atoms with van der Waals surface area (Å²) in [5, 5.41) is 2.83. The highest BCUT2D eigenvalue weighted by molar-refractivity contribution is 6.04. The molecule has 1 N–H and O–H groups in total. The number of rotatable bonds is 4. The van der Waals surface area contributed by atoms with Crippen LogP contribution in [0.5, 0.6) is 5.75 Å². The minimum Gasteiger partial charge on any atom is -0.494 e. The van der Waals surface area contributed by atoms with Gasteiger partial charge in [0, 0.05) is 23.1 Å². The van der Waals surface area contributed by atoms with Crippen LogP contribution < -0.4 is 10.1 Å². The Morgan fingerprint density at radius 1 is 1.26 bits per heavy atom. The quantitative estimate of drug-likeness (QED) is 0.914. The number of ether oxygens (including phenoxy) is 1. The van der Waals surface area contributed by atoms with Crippen LogP contribution in [0.3, 0.4) is 0 Å². The summed E-state index contributed by atoms with van der Waals surface area (Å²) in [5.74, 6) is 0.618. The second kappa shape index (κ2) is 6.00. The fourth-order valence-electron chi connectivity index (χ4n) is 1.70. The van der Waals surface area contributed by atoms with E-state index in [4.69, 9.17) is 4.74 Å². The minimum atomic E-state index is -0.145. The average molecular weight is 256 g/mol. The van der Waals surface area contributed by atoms with Gasteiger partial charge in [-0.1, -0.05) is 0 Å². The highest BCUT2D eigenvalue weighted by Gasteiger charge is 2.06. The summed E-state index contributed by atoms with van der Waals surface area (Å²) in [6.07, 6.45) is 1.67. The van der Waals surface area contributed by atoms with E-state index in [1.807, 2.05) is 19.9 Å². The zero-order valence-electron chi connectivity index (χ0n) is 11.0. The normalized spacial score (nSPS) is 10.0. The molecule has 98 valence electrons. The van der Waals surface area contributed by atoms with Crippen LogP contribution in [0.15, 0.2) is 42.6 Å². The molecule has 0 unspecified atom stereocenters. The number of aryl methyl sites for hydroxylation is 1. The van der Waals surface area contributed by atoms with Crippen LogP contribution in [0.25, 0.3) is 0 Å². The van der Waals surface area contributed by atoms with Crippen LogP contribution in [0, 0.1) is 6.92 Å². The van der Waals surface area contributed by atoms with Crippen molar-refractivity contribution in [2.24, 2.45) is 0 Å². The fourth-order valence-corrected chi connectivity index (χ4v) is 1.70. The van der Waals surface area contributed by atoms with E-state index in [1.54, 1.807) is 36.5 Å². The number of hydrogen-bond donors (Lipinski definition) is 1. The molecule has 2 aromatic rings. The first-order valence-corrected chi connectivity index (χ1v) is 6.16. The van der Waals surface area contributed by atoms with Gasteiger partial charge in [0.25, 0.3) is 5.91 Å². The zero-order valence-corrected chi connectivity index (χ0v) is 11.0. The van der Waals surface area contributed by atoms with Gasteiger partial charge in [-0.2, -0.15) is 0 Å². The molecule has 1 amide bonds. The highest BCUT2D eigenvalue weighted by atomic mass is 16.5. The first kappa shape index (κ1) is 13.1. The van der Waals surface area contributed by atoms with Crippen LogP contribution in [-0.2, 0) is 0 Å². The summed E-state index contributed by atoms with van der Waals surface area (Å²) >= 11 is 0. The Hall–Kier alpha value is -2.36. The van der Waals surface area contributed by atoms with Crippen LogP contribution in [0.1, 0.15) is 23.0 Å². The van der Waals surface area contributed by atoms with Crippen molar-refractivity contribution in [1.82, 2.24) is 4.98 Å². The lowest BCUT2D eigenvalue weighted by Gasteiger charge is -2.07. The van der Waals surface area contributed by atoms with Crippen molar-refractivity contribution in [3.8, 4) is 5.75 Å². The van der Waals surface area contributed by atoms with Gasteiger partial charge in [0.15, 0.2) is 0 Å². The highest BCUT2D eigenvalue weighted by Crippen LogP contribution is 2.14. The van der Waals surface area contributed by atoms with Gasteiger partial charge in [0.1, 0.15) is 5.75 Å². The Labute approximate surface area is 112 Å². The molecule has 0 saturated carbocycles. The van der Waals surface area contributed by atoms with E-state index in [1.165, 1.54) is 0 Å². The number of anilines is 1. The number of amides is 1. The molecule has 0 aliphatic carbocycles. The van der Waals surface area contributed by atoms with Gasteiger partial charge in [-0.25, -0.2) is 0 Å². The van der Waals surface area contributed by atoms with Crippen LogP contribution >= 0.6 is 0 Å². The Bertz CT molecular complexity index is 565. The molecule has 1 heterocycles. The lowest BCUT2D eigenvalue weighted by atomic mass is 10.2. The second-order valence-electron chi connectivity index (χ2n) is 4.10. The van der Waals surface area contributed by atoms with E-state index >= 15 is 0 Å². The minimum absolute atomic E-state index is 0.145. The molecular formula is C15H16N2O2. The molecule has 1 aromatic heterocycles. The molecule has 0 fully saturated rings. The summed E-state index contributed by atoms with van der Waals surface area (Å²) in [7, 11) is 0. The molecule has 0 radical (unpaired) electrons. The molecule has 4 nitrogen and oxygen atoms in total. The molecule has 0 aliphatic rings. The SMILES string of the molecule is CCOc1ccc(C(=O)Nc2ccnc(C)c2)cc1. The first-order chi connectivity index (χ1) is 9.19. The maximum absolute atomic E-state index is 12.0. The Balaban J connectivity index is 2.07. The number of pyridine rings is 1. The van der Waals surface area contributed by atoms with Gasteiger partial charge >= 0.3 is 0 Å². The van der Waals surface area contributed by atoms with Crippen LogP contribution in [0.4, 0.5) is 5.69 Å². The third kappa shape index (κ3) is 3.55. The number of carbonyl (C=O) groups excluding carboxylic acids is 1. The maximum Gasteiger partial charge on any atom is 0.255 e. The number of hydrogen-bond acceptors (Lipinski definition) is 3. The van der Waals surface area contributed by atoms with E-state index in [-0.39, 0.29) is 5.91 Å². The molecule has 4 heteroatoms. The number of aromatic nitrogens is 1. The van der Waals surface area contributed by atoms with E-state index in [2.05, 4.69) is 10.3 Å². The van der Waals surface area contributed by atoms with Crippen molar-refractivity contribution in [3.63, 3.8) is 0 Å². The van der Waals surface area contributed by atoms with E-state index in [0.29, 0.717) is 12.2 Å². The zero-order chi connectivity index (χ0) is 13.7. The lowest BCUT2D eigenvalue weighted by molar-refractivity contribution is 0.102. The second-order valence-corrected chi connectivity index (χ2v) is 4.10. The summed E-state index contributed by atoms with van der Waals surface area (Å²) in [4.78, 5) is 16.1. The van der Waals surface area contributed by atoms with Crippen molar-refractivity contribution >= 4 is 11.6 Å². The predicted molar refractivity (Wildman–Crippen MR) is 74.5 cm³/mol. The van der Waals surface area contributed by atoms with Gasteiger partial charge in [0.2, 0.25) is 0 Å². The van der Waals surface area contributed by atoms with Gasteiger partial charge in [-0.3, -0.25) is 9.78 Å². The molecular weight excluding hydrogens is 240 g/mol. The molecule has 0 atom stereocenters. The fraction of sp³-hybridized carbons (Fsp3) is 0.200. The molecule has 0 spiro atoms. The summed E-state index contributed by atoms with van der Waals surface area (Å²) in [5.41, 5.74) is 2.20. The van der Waals surface area contributed by atoms with Crippen molar-refractivity contribution in [3.05, 3.63) is 53.9 Å². The van der Waals surface area contributed by atoms with Gasteiger partial charge in [-0.05, 0) is 50.2 Å². The lowest BCUT2D eigenvalue weighted by Crippen LogP contribution is -2.11. The molecule has 0 bridgehead atoms. The molecule has 19 heavy (non-hydrogen) atoms. The first-order valence-electron chi connectivity index (χ1n) is 6.16. The predicted octanol–water partition coefficient (Wildman–Crippen LogP) is 3.04. The summed E-state index contributed by atoms with van der Waals surface area (Å²) in [6, 6.07) is 10.7. The number of benzene rings is 1. The molecule has 2 rings (SSSR count). The summed E-state index contributed by atoms with van der Waals surface area (Å²) in [6.45, 7) is 4.42. The van der Waals surface area contributed by atoms with Crippen molar-refractivity contribution in [2.45, 2.75) is 13.8 Å². The van der Waals surface area contributed by atoms with Gasteiger partial charge in [0.05, 0.1) is 6.61 Å². The smallest absolute Gasteiger partial charge is 0.255 e. The summed E-state index contributed by atoms with van der Waals surface area (Å²) < 4.78 is 5.33. The average Bonchev–Trinajstić information content (AvgIpc) is 2.40. The third-order valence-corrected chi connectivity index (χ3v) is 2.58. The van der Waals surface area contributed by atoms with Crippen molar-refractivity contribution in [1.29, 1.82) is 0 Å². The van der Waals surface area contributed by atoms with E-state index in [0.717, 1.165) is 17.1 Å². The third-order valence-electron chi connectivity index (χ3n) is 2.58. The molecule has 1 aromatic carbocycles. The van der Waals surface area contributed by atoms with Gasteiger partial charge in [-0.15, -0.1) is 0 Å². The van der Waals surface area contributed by atoms with Crippen molar-refractivity contribution in [2.75, 3.05) is 11.9 Å². The Morgan fingerprint density at radius 2 is 2.00 bits per heavy atom. The largest absolute Gasteiger partial charge is 0.494 e. The van der Waals surface area contributed by atoms with E-state index < -0.39 is 0 Å². The molecule has 0 aliphatic heterocycles. The topological polar surface area (TPSA) is 51.2 Å². The Kier molecular flexibility index (Phi) is 4.13. The number of nitrogens with zero attached hydrogens (tertiary/aromatic N) is 1. The molecule has 0 saturated heterocycles. The van der Waals surface area contributed by atoms with Gasteiger partial charge < -0.3 is 10.1 Å². The van der Waals surface area contributed by atoms with Crippen LogP contribution in [0.2, 0.25) is 0 Å². The standard InChI is InChI=1S/C15H16N2O2/c1-3-19-14-6-4-12(5-7-14)15(18)17-13-8-9-16-11(2)10-13/h4-10H,3H2,1-2H3,(H,16,17,18). The monoisotopic (exact) mass is 256 g/mol. The number of nitrogens with one attached hydrogen (secondary N) is 1.